The highest BCUT2D eigenvalue weighted by atomic mass is 16.6. The smallest absolute Gasteiger partial charge is 0.334 e. The first-order valence-corrected chi connectivity index (χ1v) is 9.07. The van der Waals surface area contributed by atoms with Crippen LogP contribution in [-0.2, 0) is 28.6 Å². The van der Waals surface area contributed by atoms with E-state index in [0.29, 0.717) is 17.6 Å². The van der Waals surface area contributed by atoms with Gasteiger partial charge in [-0.05, 0) is 26.8 Å². The van der Waals surface area contributed by atoms with Gasteiger partial charge in [0.1, 0.15) is 24.7 Å². The average molecular weight is 376 g/mol. The Kier molecular flexibility index (Phi) is 5.51. The van der Waals surface area contributed by atoms with Crippen LogP contribution in [0.5, 0.6) is 0 Å². The lowest BCUT2D eigenvalue weighted by molar-refractivity contribution is -0.149. The summed E-state index contributed by atoms with van der Waals surface area (Å²) in [5.74, 6) is -2.88. The van der Waals surface area contributed by atoms with Crippen molar-refractivity contribution in [2.75, 3.05) is 6.61 Å². The van der Waals surface area contributed by atoms with Crippen molar-refractivity contribution in [3.63, 3.8) is 0 Å². The number of ether oxygens (including phenoxy) is 3. The zero-order chi connectivity index (χ0) is 19.7. The van der Waals surface area contributed by atoms with Crippen LogP contribution in [0, 0.1) is 11.8 Å². The normalized spacial score (nSPS) is 35.4. The molecule has 0 spiro atoms. The largest absolute Gasteiger partial charge is 0.461 e. The van der Waals surface area contributed by atoms with E-state index >= 15 is 0 Å². The summed E-state index contributed by atoms with van der Waals surface area (Å²) in [6, 6.07) is 0. The minimum Gasteiger partial charge on any atom is -0.461 e. The van der Waals surface area contributed by atoms with Crippen LogP contribution >= 0.6 is 0 Å². The van der Waals surface area contributed by atoms with Crippen molar-refractivity contribution in [1.82, 2.24) is 0 Å². The minimum atomic E-state index is -0.957. The van der Waals surface area contributed by atoms with E-state index in [-0.39, 0.29) is 19.1 Å². The molecule has 7 heteroatoms. The van der Waals surface area contributed by atoms with E-state index in [4.69, 9.17) is 14.2 Å². The summed E-state index contributed by atoms with van der Waals surface area (Å²) in [6.07, 6.45) is 3.70. The van der Waals surface area contributed by atoms with Crippen LogP contribution in [0.2, 0.25) is 0 Å². The molecule has 1 N–H and O–H groups in total. The summed E-state index contributed by atoms with van der Waals surface area (Å²) in [5, 5.41) is 10.7. The van der Waals surface area contributed by atoms with Gasteiger partial charge in [0.05, 0.1) is 6.10 Å². The highest BCUT2D eigenvalue weighted by Gasteiger charge is 2.49. The van der Waals surface area contributed by atoms with Crippen LogP contribution < -0.4 is 0 Å². The molecule has 2 aliphatic heterocycles. The summed E-state index contributed by atoms with van der Waals surface area (Å²) in [7, 11) is 0. The Balaban J connectivity index is 1.84. The van der Waals surface area contributed by atoms with Crippen molar-refractivity contribution in [2.45, 2.75) is 51.9 Å². The van der Waals surface area contributed by atoms with Gasteiger partial charge in [-0.15, -0.1) is 0 Å². The molecule has 2 bridgehead atoms. The first kappa shape index (κ1) is 19.4. The number of hydrogen-bond acceptors (Lipinski definition) is 7. The highest BCUT2D eigenvalue weighted by molar-refractivity contribution is 5.91. The maximum atomic E-state index is 12.4. The minimum absolute atomic E-state index is 0.175. The molecule has 27 heavy (non-hydrogen) atoms. The van der Waals surface area contributed by atoms with Crippen LogP contribution in [0.1, 0.15) is 33.6 Å². The fourth-order valence-electron chi connectivity index (χ4n) is 3.74. The SMILES string of the molecule is C/C=C(/C)C(=O)OC[C@H]1C(=O)O[C@H]2CC3=C[C@H](C/C(C)=C/[C@@H](O)[C@@H]21)OC3=O. The van der Waals surface area contributed by atoms with Crippen LogP contribution in [0.3, 0.4) is 0 Å². The van der Waals surface area contributed by atoms with Crippen molar-refractivity contribution in [3.8, 4) is 0 Å². The third-order valence-electron chi connectivity index (χ3n) is 5.31. The van der Waals surface area contributed by atoms with E-state index in [1.807, 2.05) is 6.92 Å². The molecule has 0 unspecified atom stereocenters. The van der Waals surface area contributed by atoms with Gasteiger partial charge in [0.2, 0.25) is 0 Å². The van der Waals surface area contributed by atoms with Crippen LogP contribution in [0.4, 0.5) is 0 Å². The van der Waals surface area contributed by atoms with Gasteiger partial charge < -0.3 is 19.3 Å². The highest BCUT2D eigenvalue weighted by Crippen LogP contribution is 2.38. The predicted octanol–water partition coefficient (Wildman–Crippen LogP) is 1.61. The molecule has 7 nitrogen and oxygen atoms in total. The molecule has 1 saturated heterocycles. The van der Waals surface area contributed by atoms with Gasteiger partial charge >= 0.3 is 17.9 Å². The van der Waals surface area contributed by atoms with E-state index in [1.165, 1.54) is 0 Å². The third-order valence-corrected chi connectivity index (χ3v) is 5.31. The predicted molar refractivity (Wildman–Crippen MR) is 94.2 cm³/mol. The number of hydrogen-bond donors (Lipinski definition) is 1. The first-order valence-electron chi connectivity index (χ1n) is 9.07. The molecule has 0 aromatic rings. The Labute approximate surface area is 157 Å². The van der Waals surface area contributed by atoms with Crippen molar-refractivity contribution in [1.29, 1.82) is 0 Å². The summed E-state index contributed by atoms with van der Waals surface area (Å²) in [5.41, 5.74) is 1.73. The molecule has 0 amide bonds. The lowest BCUT2D eigenvalue weighted by atomic mass is 9.82. The Bertz CT molecular complexity index is 745. The zero-order valence-electron chi connectivity index (χ0n) is 15.6. The molecule has 3 rings (SSSR count). The monoisotopic (exact) mass is 376 g/mol. The lowest BCUT2D eigenvalue weighted by Gasteiger charge is -2.25. The second kappa shape index (κ2) is 7.68. The standard InChI is InChI=1S/C20H24O7/c1-4-11(3)18(22)25-9-14-17-15(21)6-10(2)5-13-7-12(19(23)26-13)8-16(17)27-20(14)24/h4,6-7,13-17,21H,5,8-9H2,1-3H3/b10-6+,11-4-/t13-,14+,15+,16-,17-/m0/s1. The second-order valence-electron chi connectivity index (χ2n) is 7.28. The van der Waals surface area contributed by atoms with E-state index < -0.39 is 42.0 Å². The van der Waals surface area contributed by atoms with Crippen molar-refractivity contribution in [3.05, 3.63) is 34.9 Å². The van der Waals surface area contributed by atoms with Crippen molar-refractivity contribution in [2.24, 2.45) is 11.8 Å². The quantitative estimate of drug-likeness (QED) is 0.346. The molecule has 0 radical (unpaired) electrons. The third kappa shape index (κ3) is 3.98. The van der Waals surface area contributed by atoms with Gasteiger partial charge in [0.15, 0.2) is 0 Å². The molecule has 146 valence electrons. The van der Waals surface area contributed by atoms with Crippen LogP contribution in [-0.4, -0.2) is 47.9 Å². The number of aliphatic hydroxyl groups excluding tert-OH is 1. The molecule has 3 aliphatic rings. The topological polar surface area (TPSA) is 99.1 Å². The summed E-state index contributed by atoms with van der Waals surface area (Å²) >= 11 is 0. The summed E-state index contributed by atoms with van der Waals surface area (Å²) < 4.78 is 16.0. The number of fused-ring (bicyclic) bond motifs is 2. The fourth-order valence-corrected chi connectivity index (χ4v) is 3.74. The Morgan fingerprint density at radius 3 is 2.74 bits per heavy atom. The van der Waals surface area contributed by atoms with Crippen LogP contribution in [0.15, 0.2) is 34.9 Å². The molecule has 2 heterocycles. The average Bonchev–Trinajstić information content (AvgIpc) is 3.10. The first-order chi connectivity index (χ1) is 12.8. The molecule has 0 aromatic heterocycles. The molecule has 1 fully saturated rings. The molecule has 0 aromatic carbocycles. The number of aliphatic hydroxyl groups is 1. The van der Waals surface area contributed by atoms with Crippen molar-refractivity contribution >= 4 is 17.9 Å². The van der Waals surface area contributed by atoms with Gasteiger partial charge in [-0.25, -0.2) is 9.59 Å². The molecule has 5 atom stereocenters. The molecule has 0 saturated carbocycles. The zero-order valence-corrected chi connectivity index (χ0v) is 15.6. The molecule has 1 aliphatic carbocycles. The maximum Gasteiger partial charge on any atom is 0.334 e. The van der Waals surface area contributed by atoms with Gasteiger partial charge in [-0.3, -0.25) is 4.79 Å². The van der Waals surface area contributed by atoms with Crippen molar-refractivity contribution < 1.29 is 33.7 Å². The summed E-state index contributed by atoms with van der Waals surface area (Å²) in [6.45, 7) is 5.00. The van der Waals surface area contributed by atoms with E-state index in [9.17, 15) is 19.5 Å². The van der Waals surface area contributed by atoms with Gasteiger partial charge in [0.25, 0.3) is 0 Å². The second-order valence-corrected chi connectivity index (χ2v) is 7.28. The van der Waals surface area contributed by atoms with E-state index in [2.05, 4.69) is 0 Å². The number of carbonyl (C=O) groups is 3. The lowest BCUT2D eigenvalue weighted by Crippen LogP contribution is -2.35. The van der Waals surface area contributed by atoms with Gasteiger partial charge in [0, 0.05) is 29.9 Å². The van der Waals surface area contributed by atoms with Crippen LogP contribution in [0.25, 0.3) is 0 Å². The number of allylic oxidation sites excluding steroid dienone is 1. The molecular weight excluding hydrogens is 352 g/mol. The van der Waals surface area contributed by atoms with Gasteiger partial charge in [-0.1, -0.05) is 17.7 Å². The number of carbonyl (C=O) groups excluding carboxylic acids is 3. The van der Waals surface area contributed by atoms with Gasteiger partial charge in [-0.2, -0.15) is 0 Å². The maximum absolute atomic E-state index is 12.4. The molecular formula is C20H24O7. The Hall–Kier alpha value is -2.41. The summed E-state index contributed by atoms with van der Waals surface area (Å²) in [4.78, 5) is 36.4. The Morgan fingerprint density at radius 2 is 2.04 bits per heavy atom. The van der Waals surface area contributed by atoms with E-state index in [0.717, 1.165) is 5.57 Å². The number of rotatable bonds is 3. The van der Waals surface area contributed by atoms with E-state index in [1.54, 1.807) is 32.1 Å². The Morgan fingerprint density at radius 1 is 1.30 bits per heavy atom. The number of esters is 3. The fraction of sp³-hybridized carbons (Fsp3) is 0.550.